The van der Waals surface area contributed by atoms with Crippen LogP contribution in [0.1, 0.15) is 35.3 Å². The number of hydrogen-bond acceptors (Lipinski definition) is 7. The predicted octanol–water partition coefficient (Wildman–Crippen LogP) is 5.49. The molecule has 1 N–H and O–H groups in total. The Kier molecular flexibility index (Phi) is 7.32. The van der Waals surface area contributed by atoms with Gasteiger partial charge in [-0.15, -0.1) is 0 Å². The van der Waals surface area contributed by atoms with Gasteiger partial charge < -0.3 is 10.0 Å². The number of hydrogen-bond donors (Lipinski definition) is 1. The molecule has 0 amide bonds. The molecule has 226 valence electrons. The molecule has 2 aromatic carbocycles. The average molecular weight is 600 g/mol. The number of piperidine rings is 1. The number of carboxylic acids is 1. The molecule has 10 nitrogen and oxygen atoms in total. The molecule has 0 bridgehead atoms. The van der Waals surface area contributed by atoms with Crippen molar-refractivity contribution in [3.63, 3.8) is 0 Å². The summed E-state index contributed by atoms with van der Waals surface area (Å²) in [6.07, 6.45) is 10.7. The minimum absolute atomic E-state index is 0.0362. The van der Waals surface area contributed by atoms with E-state index in [1.54, 1.807) is 23.2 Å². The first kappa shape index (κ1) is 28.4. The number of aryl methyl sites for hydroxylation is 3. The molecule has 1 aliphatic rings. The maximum absolute atomic E-state index is 12.4. The number of carbonyl (C=O) groups is 1. The Hall–Kier alpha value is -5.38. The van der Waals surface area contributed by atoms with Crippen molar-refractivity contribution >= 4 is 33.7 Å². The van der Waals surface area contributed by atoms with Gasteiger partial charge >= 0.3 is 11.7 Å². The standard InChI is InChI=1S/C35H33N7O3/c1-40-31-11-8-24(17-32(31)41(2)35(40)45)28-5-3-4-23-16-30(37-21-29(23)28)25-7-10-27(36-18-25)9-6-22-12-14-42(15-13-22)34-38-19-26(20-39-34)33(43)44/h3-5,7-8,10-11,16-22H,6,9,12-15H2,1-2H3,(H,43,44). The molecule has 4 aromatic heterocycles. The lowest BCUT2D eigenvalue weighted by Gasteiger charge is -2.32. The maximum Gasteiger partial charge on any atom is 0.338 e. The Morgan fingerprint density at radius 2 is 1.60 bits per heavy atom. The van der Waals surface area contributed by atoms with Crippen LogP contribution in [0.25, 0.3) is 44.2 Å². The first-order valence-corrected chi connectivity index (χ1v) is 15.2. The fourth-order valence-corrected chi connectivity index (χ4v) is 6.35. The second-order valence-electron chi connectivity index (χ2n) is 11.8. The predicted molar refractivity (Wildman–Crippen MR) is 174 cm³/mol. The van der Waals surface area contributed by atoms with E-state index < -0.39 is 5.97 Å². The number of rotatable bonds is 7. The topological polar surface area (TPSA) is 119 Å². The van der Waals surface area contributed by atoms with Crippen LogP contribution >= 0.6 is 0 Å². The number of aromatic carboxylic acids is 1. The molecule has 0 aliphatic carbocycles. The highest BCUT2D eigenvalue weighted by molar-refractivity contribution is 5.99. The Balaban J connectivity index is 1.01. The zero-order valence-electron chi connectivity index (χ0n) is 25.2. The van der Waals surface area contributed by atoms with E-state index in [0.29, 0.717) is 11.9 Å². The maximum atomic E-state index is 12.4. The zero-order chi connectivity index (χ0) is 31.1. The average Bonchev–Trinajstić information content (AvgIpc) is 3.30. The van der Waals surface area contributed by atoms with E-state index in [-0.39, 0.29) is 11.3 Å². The van der Waals surface area contributed by atoms with Crippen molar-refractivity contribution in [1.82, 2.24) is 29.1 Å². The third-order valence-corrected chi connectivity index (χ3v) is 9.06. The van der Waals surface area contributed by atoms with E-state index in [9.17, 15) is 9.59 Å². The number of benzene rings is 2. The van der Waals surface area contributed by atoms with Crippen LogP contribution in [-0.2, 0) is 20.5 Å². The van der Waals surface area contributed by atoms with Gasteiger partial charge in [0.15, 0.2) is 0 Å². The van der Waals surface area contributed by atoms with Crippen LogP contribution in [0.4, 0.5) is 5.95 Å². The van der Waals surface area contributed by atoms with Crippen LogP contribution in [0.3, 0.4) is 0 Å². The summed E-state index contributed by atoms with van der Waals surface area (Å²) in [5.41, 5.74) is 6.93. The van der Waals surface area contributed by atoms with Gasteiger partial charge in [-0.25, -0.2) is 19.6 Å². The van der Waals surface area contributed by atoms with Gasteiger partial charge in [0.05, 0.1) is 22.3 Å². The van der Waals surface area contributed by atoms with Gasteiger partial charge in [-0.05, 0) is 78.4 Å². The molecule has 0 atom stereocenters. The molecule has 0 saturated carbocycles. The second-order valence-corrected chi connectivity index (χ2v) is 11.8. The van der Waals surface area contributed by atoms with Gasteiger partial charge in [0.2, 0.25) is 5.95 Å². The molecule has 0 unspecified atom stereocenters. The molecule has 0 radical (unpaired) electrons. The van der Waals surface area contributed by atoms with Crippen molar-refractivity contribution in [2.75, 3.05) is 18.0 Å². The second kappa shape index (κ2) is 11.6. The van der Waals surface area contributed by atoms with Gasteiger partial charge in [-0.2, -0.15) is 0 Å². The Labute approximate surface area is 259 Å². The number of anilines is 1. The normalized spacial score (nSPS) is 14.0. The number of nitrogens with zero attached hydrogens (tertiary/aromatic N) is 7. The number of imidazole rings is 1. The van der Waals surface area contributed by atoms with E-state index in [0.717, 1.165) is 88.7 Å². The Morgan fingerprint density at radius 1 is 0.844 bits per heavy atom. The number of fused-ring (bicyclic) bond motifs is 2. The molecule has 5 heterocycles. The lowest BCUT2D eigenvalue weighted by Crippen LogP contribution is -2.35. The lowest BCUT2D eigenvalue weighted by atomic mass is 9.91. The van der Waals surface area contributed by atoms with E-state index in [4.69, 9.17) is 15.1 Å². The summed E-state index contributed by atoms with van der Waals surface area (Å²) in [5, 5.41) is 11.2. The van der Waals surface area contributed by atoms with Gasteiger partial charge in [0.1, 0.15) is 0 Å². The summed E-state index contributed by atoms with van der Waals surface area (Å²) in [7, 11) is 3.60. The van der Waals surface area contributed by atoms with Crippen LogP contribution in [-0.4, -0.2) is 53.2 Å². The molecule has 1 fully saturated rings. The first-order chi connectivity index (χ1) is 21.9. The van der Waals surface area contributed by atoms with Crippen molar-refractivity contribution in [1.29, 1.82) is 0 Å². The molecule has 10 heteroatoms. The van der Waals surface area contributed by atoms with Crippen molar-refractivity contribution in [3.8, 4) is 22.4 Å². The molecule has 45 heavy (non-hydrogen) atoms. The van der Waals surface area contributed by atoms with Crippen molar-refractivity contribution < 1.29 is 9.90 Å². The van der Waals surface area contributed by atoms with Crippen LogP contribution in [0.15, 0.2) is 84.2 Å². The molecule has 7 rings (SSSR count). The van der Waals surface area contributed by atoms with Gasteiger partial charge in [0, 0.05) is 68.6 Å². The van der Waals surface area contributed by atoms with Crippen molar-refractivity contribution in [3.05, 3.63) is 101 Å². The largest absolute Gasteiger partial charge is 0.478 e. The van der Waals surface area contributed by atoms with E-state index in [2.05, 4.69) is 63.4 Å². The zero-order valence-corrected chi connectivity index (χ0v) is 25.2. The Morgan fingerprint density at radius 3 is 2.33 bits per heavy atom. The van der Waals surface area contributed by atoms with E-state index >= 15 is 0 Å². The third kappa shape index (κ3) is 5.43. The van der Waals surface area contributed by atoms with Gasteiger partial charge in [0.25, 0.3) is 0 Å². The van der Waals surface area contributed by atoms with Crippen LogP contribution in [0.2, 0.25) is 0 Å². The minimum Gasteiger partial charge on any atom is -0.478 e. The Bertz CT molecular complexity index is 2090. The first-order valence-electron chi connectivity index (χ1n) is 15.2. The van der Waals surface area contributed by atoms with Crippen LogP contribution in [0.5, 0.6) is 0 Å². The van der Waals surface area contributed by atoms with Crippen molar-refractivity contribution in [2.45, 2.75) is 25.7 Å². The monoisotopic (exact) mass is 599 g/mol. The fraction of sp³-hybridized carbons (Fsp3) is 0.257. The minimum atomic E-state index is -1.02. The molecular weight excluding hydrogens is 566 g/mol. The highest BCUT2D eigenvalue weighted by Gasteiger charge is 2.21. The van der Waals surface area contributed by atoms with Crippen LogP contribution in [0, 0.1) is 5.92 Å². The molecule has 0 spiro atoms. The lowest BCUT2D eigenvalue weighted by molar-refractivity contribution is 0.0696. The van der Waals surface area contributed by atoms with Crippen LogP contribution < -0.4 is 10.6 Å². The smallest absolute Gasteiger partial charge is 0.338 e. The van der Waals surface area contributed by atoms with E-state index in [1.165, 1.54) is 12.4 Å². The fourth-order valence-electron chi connectivity index (χ4n) is 6.35. The summed E-state index contributed by atoms with van der Waals surface area (Å²) >= 11 is 0. The third-order valence-electron chi connectivity index (χ3n) is 9.06. The summed E-state index contributed by atoms with van der Waals surface area (Å²) in [5.74, 6) is 0.180. The molecule has 1 aliphatic heterocycles. The van der Waals surface area contributed by atoms with Gasteiger partial charge in [-0.1, -0.05) is 24.3 Å². The summed E-state index contributed by atoms with van der Waals surface area (Å²) in [6.45, 7) is 1.72. The summed E-state index contributed by atoms with van der Waals surface area (Å²) < 4.78 is 3.35. The highest BCUT2D eigenvalue weighted by atomic mass is 16.4. The summed E-state index contributed by atoms with van der Waals surface area (Å²) in [4.78, 5) is 43.6. The highest BCUT2D eigenvalue weighted by Crippen LogP contribution is 2.32. The SMILES string of the molecule is Cn1c(=O)n(C)c2cc(-c3cccc4cc(-c5ccc(CCC6CCN(c7ncc(C(=O)O)cn7)CC6)nc5)ncc34)ccc21. The van der Waals surface area contributed by atoms with Crippen molar-refractivity contribution in [2.24, 2.45) is 20.0 Å². The number of carboxylic acid groups (broad SMARTS) is 1. The molecular formula is C35H33N7O3. The quantitative estimate of drug-likeness (QED) is 0.256. The summed E-state index contributed by atoms with van der Waals surface area (Å²) in [6, 6.07) is 18.7. The molecule has 1 saturated heterocycles. The molecule has 6 aromatic rings. The van der Waals surface area contributed by atoms with Gasteiger partial charge in [-0.3, -0.25) is 19.1 Å². The van der Waals surface area contributed by atoms with E-state index in [1.807, 2.05) is 18.5 Å². The number of aromatic nitrogens is 6. The number of pyridine rings is 2.